The molecule has 9 heteroatoms. The van der Waals surface area contributed by atoms with E-state index in [1.54, 1.807) is 41.3 Å². The number of rotatable bonds is 6. The molecule has 0 bridgehead atoms. The number of carbonyl (C=O) groups excluding carboxylic acids is 2. The summed E-state index contributed by atoms with van der Waals surface area (Å²) in [4.78, 5) is 40.2. The predicted molar refractivity (Wildman–Crippen MR) is 150 cm³/mol. The molecule has 8 nitrogen and oxygen atoms in total. The van der Waals surface area contributed by atoms with E-state index in [4.69, 9.17) is 10.5 Å². The van der Waals surface area contributed by atoms with Crippen molar-refractivity contribution >= 4 is 42.9 Å². The van der Waals surface area contributed by atoms with Crippen LogP contribution in [-0.2, 0) is 15.1 Å². The van der Waals surface area contributed by atoms with Crippen molar-refractivity contribution in [3.63, 3.8) is 0 Å². The lowest BCUT2D eigenvalue weighted by molar-refractivity contribution is -0.145. The molecule has 3 aromatic rings. The van der Waals surface area contributed by atoms with Gasteiger partial charge in [0.1, 0.15) is 0 Å². The SMILES string of the molecule is C[C@@H]1[C@@H]([Si](C)(C)O)[C@H](CCO)O[C@@]12C(=O)N(c1ccccc1)c1ccc(NC(=O)c3ccc(N)cc3)cc12. The van der Waals surface area contributed by atoms with Crippen LogP contribution in [0.1, 0.15) is 29.3 Å². The highest BCUT2D eigenvalue weighted by molar-refractivity contribution is 6.71. The Bertz CT molecular complexity index is 1360. The van der Waals surface area contributed by atoms with Crippen LogP contribution in [0.2, 0.25) is 18.6 Å². The number of hydrogen-bond donors (Lipinski definition) is 4. The van der Waals surface area contributed by atoms with E-state index < -0.39 is 20.0 Å². The van der Waals surface area contributed by atoms with Crippen LogP contribution in [0.4, 0.5) is 22.7 Å². The van der Waals surface area contributed by atoms with Crippen molar-refractivity contribution in [2.45, 2.75) is 43.7 Å². The van der Waals surface area contributed by atoms with Crippen LogP contribution < -0.4 is 16.0 Å². The minimum atomic E-state index is -2.81. The highest BCUT2D eigenvalue weighted by atomic mass is 28.4. The zero-order valence-electron chi connectivity index (χ0n) is 21.7. The minimum absolute atomic E-state index is 0.115. The molecule has 2 heterocycles. The Labute approximate surface area is 223 Å². The fraction of sp³-hybridized carbons (Fsp3) is 0.310. The largest absolute Gasteiger partial charge is 0.432 e. The second-order valence-corrected chi connectivity index (χ2v) is 14.6. The first kappa shape index (κ1) is 26.1. The third-order valence-corrected chi connectivity index (χ3v) is 10.3. The summed E-state index contributed by atoms with van der Waals surface area (Å²) in [6, 6.07) is 21.4. The fourth-order valence-electron chi connectivity index (χ4n) is 6.15. The molecule has 0 aliphatic carbocycles. The molecule has 0 radical (unpaired) electrons. The Morgan fingerprint density at radius 2 is 1.79 bits per heavy atom. The van der Waals surface area contributed by atoms with E-state index in [1.165, 1.54) is 0 Å². The molecule has 38 heavy (non-hydrogen) atoms. The standard InChI is InChI=1S/C29H33N3O5Si/c1-18-26(38(2,3)36)25(15-16-33)37-29(18)23-17-21(31-27(34)19-9-11-20(30)12-10-19)13-14-24(23)32(28(29)35)22-7-5-4-6-8-22/h4-14,17-18,25-26,33,36H,15-16,30H2,1-3H3,(H,31,34)/t18-,25+,26-,29+/m1/s1. The number of aliphatic hydroxyl groups is 1. The number of anilines is 4. The van der Waals surface area contributed by atoms with Gasteiger partial charge in [-0.2, -0.15) is 0 Å². The number of hydrogen-bond acceptors (Lipinski definition) is 6. The number of benzene rings is 3. The smallest absolute Gasteiger partial charge is 0.268 e. The lowest BCUT2D eigenvalue weighted by Gasteiger charge is -2.32. The van der Waals surface area contributed by atoms with Crippen LogP contribution in [0.25, 0.3) is 0 Å². The average molecular weight is 532 g/mol. The molecule has 0 saturated carbocycles. The molecule has 1 spiro atoms. The number of nitrogens with one attached hydrogen (secondary N) is 1. The summed E-state index contributed by atoms with van der Waals surface area (Å²) in [5.41, 5.74) is 7.65. The van der Waals surface area contributed by atoms with Crippen molar-refractivity contribution in [2.75, 3.05) is 22.6 Å². The number of aliphatic hydroxyl groups excluding tert-OH is 1. The van der Waals surface area contributed by atoms with Crippen molar-refractivity contribution in [3.8, 4) is 0 Å². The van der Waals surface area contributed by atoms with Crippen LogP contribution in [0.3, 0.4) is 0 Å². The summed E-state index contributed by atoms with van der Waals surface area (Å²) in [5.74, 6) is -0.908. The molecule has 5 N–H and O–H groups in total. The van der Waals surface area contributed by atoms with Crippen LogP contribution in [0.5, 0.6) is 0 Å². The van der Waals surface area contributed by atoms with Crippen molar-refractivity contribution in [1.82, 2.24) is 0 Å². The van der Waals surface area contributed by atoms with Gasteiger partial charge in [-0.05, 0) is 74.1 Å². The highest BCUT2D eigenvalue weighted by Gasteiger charge is 2.66. The summed E-state index contributed by atoms with van der Waals surface area (Å²) < 4.78 is 6.65. The van der Waals surface area contributed by atoms with Crippen LogP contribution in [0, 0.1) is 5.92 Å². The fourth-order valence-corrected chi connectivity index (χ4v) is 8.75. The van der Waals surface area contributed by atoms with Crippen molar-refractivity contribution in [1.29, 1.82) is 0 Å². The summed E-state index contributed by atoms with van der Waals surface area (Å²) >= 11 is 0. The Hall–Kier alpha value is -3.50. The summed E-state index contributed by atoms with van der Waals surface area (Å²) in [5, 5.41) is 12.7. The summed E-state index contributed by atoms with van der Waals surface area (Å²) in [7, 11) is -2.81. The first-order valence-electron chi connectivity index (χ1n) is 12.8. The number of nitrogens with two attached hydrogens (primary N) is 1. The van der Waals surface area contributed by atoms with Gasteiger partial charge in [0.05, 0.1) is 11.8 Å². The molecular formula is C29H33N3O5Si. The van der Waals surface area contributed by atoms with E-state index in [0.29, 0.717) is 40.3 Å². The monoisotopic (exact) mass is 531 g/mol. The van der Waals surface area contributed by atoms with Gasteiger partial charge in [0.15, 0.2) is 13.9 Å². The van der Waals surface area contributed by atoms with E-state index in [9.17, 15) is 19.5 Å². The first-order chi connectivity index (χ1) is 18.1. The molecule has 1 saturated heterocycles. The molecule has 198 valence electrons. The van der Waals surface area contributed by atoms with Crippen molar-refractivity contribution < 1.29 is 24.2 Å². The second-order valence-electron chi connectivity index (χ2n) is 10.7. The van der Waals surface area contributed by atoms with E-state index in [2.05, 4.69) is 5.32 Å². The molecule has 2 aliphatic rings. The summed E-state index contributed by atoms with van der Waals surface area (Å²) in [6.45, 7) is 5.53. The first-order valence-corrected chi connectivity index (χ1v) is 15.8. The molecule has 5 rings (SSSR count). The number of fused-ring (bicyclic) bond motifs is 2. The normalized spacial score (nSPS) is 24.6. The Kier molecular flexibility index (Phi) is 6.64. The molecular weight excluding hydrogens is 498 g/mol. The van der Waals surface area contributed by atoms with E-state index in [1.807, 2.05) is 56.4 Å². The lowest BCUT2D eigenvalue weighted by atomic mass is 9.82. The van der Waals surface area contributed by atoms with E-state index in [0.717, 1.165) is 0 Å². The molecule has 4 atom stereocenters. The molecule has 0 aromatic heterocycles. The number of para-hydroxylation sites is 1. The number of carbonyl (C=O) groups is 2. The molecule has 1 fully saturated rings. The number of amides is 2. The van der Waals surface area contributed by atoms with Gasteiger partial charge < -0.3 is 25.7 Å². The quantitative estimate of drug-likeness (QED) is 0.276. The predicted octanol–water partition coefficient (Wildman–Crippen LogP) is 4.38. The van der Waals surface area contributed by atoms with Crippen LogP contribution in [-0.4, -0.2) is 42.7 Å². The van der Waals surface area contributed by atoms with Crippen LogP contribution in [0.15, 0.2) is 72.8 Å². The highest BCUT2D eigenvalue weighted by Crippen LogP contribution is 2.60. The van der Waals surface area contributed by atoms with Crippen LogP contribution >= 0.6 is 0 Å². The maximum absolute atomic E-state index is 14.4. The van der Waals surface area contributed by atoms with Gasteiger partial charge >= 0.3 is 0 Å². The van der Waals surface area contributed by atoms with Gasteiger partial charge in [0.25, 0.3) is 11.8 Å². The number of nitrogen functional groups attached to an aromatic ring is 1. The average Bonchev–Trinajstić information content (AvgIpc) is 3.31. The van der Waals surface area contributed by atoms with Gasteiger partial charge in [0, 0.05) is 46.3 Å². The minimum Gasteiger partial charge on any atom is -0.432 e. The topological polar surface area (TPSA) is 125 Å². The number of nitrogens with zero attached hydrogens (tertiary/aromatic N) is 1. The molecule has 3 aromatic carbocycles. The van der Waals surface area contributed by atoms with Crippen molar-refractivity contribution in [2.24, 2.45) is 5.92 Å². The molecule has 0 unspecified atom stereocenters. The van der Waals surface area contributed by atoms with E-state index in [-0.39, 0.29) is 29.9 Å². The van der Waals surface area contributed by atoms with Gasteiger partial charge in [-0.25, -0.2) is 0 Å². The third-order valence-electron chi connectivity index (χ3n) is 7.75. The van der Waals surface area contributed by atoms with Gasteiger partial charge in [-0.3, -0.25) is 14.5 Å². The van der Waals surface area contributed by atoms with E-state index >= 15 is 0 Å². The summed E-state index contributed by atoms with van der Waals surface area (Å²) in [6.07, 6.45) is -0.169. The maximum atomic E-state index is 14.4. The zero-order valence-corrected chi connectivity index (χ0v) is 22.7. The lowest BCUT2D eigenvalue weighted by Crippen LogP contribution is -2.45. The van der Waals surface area contributed by atoms with Gasteiger partial charge in [-0.1, -0.05) is 25.1 Å². The second kappa shape index (κ2) is 9.67. The zero-order chi connectivity index (χ0) is 27.2. The number of ether oxygens (including phenoxy) is 1. The Morgan fingerprint density at radius 1 is 1.11 bits per heavy atom. The van der Waals surface area contributed by atoms with Gasteiger partial charge in [0.2, 0.25) is 0 Å². The third kappa shape index (κ3) is 4.21. The van der Waals surface area contributed by atoms with Gasteiger partial charge in [-0.15, -0.1) is 0 Å². The molecule has 2 aliphatic heterocycles. The maximum Gasteiger partial charge on any atom is 0.268 e. The van der Waals surface area contributed by atoms with Crippen molar-refractivity contribution in [3.05, 3.63) is 83.9 Å². The Balaban J connectivity index is 1.62. The Morgan fingerprint density at radius 3 is 2.42 bits per heavy atom. The molecule has 2 amide bonds.